The van der Waals surface area contributed by atoms with Gasteiger partial charge in [0.05, 0.1) is 12.7 Å². The molecule has 20 heavy (non-hydrogen) atoms. The number of hydrogen-bond donors (Lipinski definition) is 0. The molecule has 1 aromatic rings. The second-order valence-corrected chi connectivity index (χ2v) is 5.67. The van der Waals surface area contributed by atoms with Crippen LogP contribution in [0.4, 0.5) is 0 Å². The van der Waals surface area contributed by atoms with Crippen LogP contribution in [0.25, 0.3) is 5.57 Å². The van der Waals surface area contributed by atoms with E-state index in [1.165, 1.54) is 41.8 Å². The van der Waals surface area contributed by atoms with Crippen LogP contribution in [0.15, 0.2) is 24.3 Å². The second-order valence-electron chi connectivity index (χ2n) is 5.67. The van der Waals surface area contributed by atoms with Gasteiger partial charge in [0, 0.05) is 27.2 Å². The summed E-state index contributed by atoms with van der Waals surface area (Å²) in [4.78, 5) is 2.48. The molecule has 1 aromatic carbocycles. The van der Waals surface area contributed by atoms with Gasteiger partial charge in [-0.1, -0.05) is 18.2 Å². The Hall–Kier alpha value is -1.16. The molecule has 1 saturated heterocycles. The monoisotopic (exact) mass is 273 g/mol. The molecular formula is C17H23NO2. The van der Waals surface area contributed by atoms with Gasteiger partial charge in [-0.05, 0) is 47.8 Å². The second kappa shape index (κ2) is 6.08. The molecule has 1 fully saturated rings. The normalized spacial score (nSPS) is 23.9. The Bertz CT molecular complexity index is 506. The van der Waals surface area contributed by atoms with Gasteiger partial charge in [-0.2, -0.15) is 0 Å². The molecule has 1 aliphatic heterocycles. The van der Waals surface area contributed by atoms with Crippen LogP contribution in [0.1, 0.15) is 35.6 Å². The van der Waals surface area contributed by atoms with Gasteiger partial charge in [-0.25, -0.2) is 0 Å². The zero-order valence-corrected chi connectivity index (χ0v) is 12.4. The van der Waals surface area contributed by atoms with Gasteiger partial charge in [-0.3, -0.25) is 4.90 Å². The summed E-state index contributed by atoms with van der Waals surface area (Å²) in [5.74, 6) is 0. The number of rotatable bonds is 5. The van der Waals surface area contributed by atoms with Crippen LogP contribution in [0.5, 0.6) is 0 Å². The topological polar surface area (TPSA) is 21.7 Å². The van der Waals surface area contributed by atoms with Crippen LogP contribution < -0.4 is 0 Å². The van der Waals surface area contributed by atoms with Gasteiger partial charge >= 0.3 is 0 Å². The largest absolute Gasteiger partial charge is 0.380 e. The smallest absolute Gasteiger partial charge is 0.0867 e. The summed E-state index contributed by atoms with van der Waals surface area (Å²) >= 11 is 0. The maximum Gasteiger partial charge on any atom is 0.0867 e. The molecule has 0 amide bonds. The SMILES string of the molecule is COCc1ccc2c(c1)/C(=C/CN1CCC1)CC2OC. The summed E-state index contributed by atoms with van der Waals surface area (Å²) in [6.07, 6.45) is 4.94. The fraction of sp³-hybridized carbons (Fsp3) is 0.529. The summed E-state index contributed by atoms with van der Waals surface area (Å²) < 4.78 is 10.9. The average molecular weight is 273 g/mol. The molecule has 2 aliphatic rings. The van der Waals surface area contributed by atoms with E-state index in [9.17, 15) is 0 Å². The summed E-state index contributed by atoms with van der Waals surface area (Å²) in [7, 11) is 3.54. The van der Waals surface area contributed by atoms with Crippen molar-refractivity contribution >= 4 is 5.57 Å². The fourth-order valence-electron chi connectivity index (χ4n) is 3.05. The first kappa shape index (κ1) is 13.8. The highest BCUT2D eigenvalue weighted by atomic mass is 16.5. The van der Waals surface area contributed by atoms with Crippen LogP contribution in [0, 0.1) is 0 Å². The van der Waals surface area contributed by atoms with Crippen molar-refractivity contribution in [3.8, 4) is 0 Å². The highest BCUT2D eigenvalue weighted by molar-refractivity contribution is 5.74. The maximum atomic E-state index is 5.63. The van der Waals surface area contributed by atoms with Crippen LogP contribution >= 0.6 is 0 Å². The van der Waals surface area contributed by atoms with E-state index in [1.54, 1.807) is 14.2 Å². The van der Waals surface area contributed by atoms with Crippen LogP contribution in [-0.4, -0.2) is 38.8 Å². The quantitative estimate of drug-likeness (QED) is 0.823. The number of methoxy groups -OCH3 is 2. The number of hydrogen-bond acceptors (Lipinski definition) is 3. The fourth-order valence-corrected chi connectivity index (χ4v) is 3.05. The Morgan fingerprint density at radius 2 is 2.15 bits per heavy atom. The first-order valence-electron chi connectivity index (χ1n) is 7.38. The molecule has 0 radical (unpaired) electrons. The molecule has 108 valence electrons. The van der Waals surface area contributed by atoms with E-state index >= 15 is 0 Å². The molecule has 3 heteroatoms. The standard InChI is InChI=1S/C17H23NO2/c1-19-12-13-4-5-15-16(10-13)14(11-17(15)20-2)6-9-18-7-3-8-18/h4-6,10,17H,3,7-9,11-12H2,1-2H3/b14-6+. The lowest BCUT2D eigenvalue weighted by molar-refractivity contribution is 0.112. The Morgan fingerprint density at radius 1 is 1.30 bits per heavy atom. The number of likely N-dealkylation sites (tertiary alicyclic amines) is 1. The van der Waals surface area contributed by atoms with Crippen molar-refractivity contribution in [3.63, 3.8) is 0 Å². The van der Waals surface area contributed by atoms with Crippen LogP contribution in [0.2, 0.25) is 0 Å². The van der Waals surface area contributed by atoms with E-state index < -0.39 is 0 Å². The third-order valence-corrected chi connectivity index (χ3v) is 4.36. The van der Waals surface area contributed by atoms with Gasteiger partial charge in [0.1, 0.15) is 0 Å². The molecule has 1 heterocycles. The lowest BCUT2D eigenvalue weighted by Crippen LogP contribution is -2.37. The lowest BCUT2D eigenvalue weighted by atomic mass is 10.0. The van der Waals surface area contributed by atoms with Crippen LogP contribution in [0.3, 0.4) is 0 Å². The van der Waals surface area contributed by atoms with Gasteiger partial charge < -0.3 is 9.47 Å². The molecular weight excluding hydrogens is 250 g/mol. The minimum absolute atomic E-state index is 0.212. The van der Waals surface area contributed by atoms with Crippen LogP contribution in [-0.2, 0) is 16.1 Å². The van der Waals surface area contributed by atoms with Gasteiger partial charge in [0.15, 0.2) is 0 Å². The summed E-state index contributed by atoms with van der Waals surface area (Å²) in [5, 5.41) is 0. The van der Waals surface area contributed by atoms with E-state index in [0.717, 1.165) is 13.0 Å². The van der Waals surface area contributed by atoms with E-state index in [2.05, 4.69) is 29.2 Å². The summed E-state index contributed by atoms with van der Waals surface area (Å²) in [6.45, 7) is 4.23. The van der Waals surface area contributed by atoms with E-state index in [1.807, 2.05) is 0 Å². The number of nitrogens with zero attached hydrogens (tertiary/aromatic N) is 1. The Kier molecular flexibility index (Phi) is 4.20. The van der Waals surface area contributed by atoms with Gasteiger partial charge in [0.2, 0.25) is 0 Å². The molecule has 1 aliphatic carbocycles. The molecule has 0 N–H and O–H groups in total. The maximum absolute atomic E-state index is 5.63. The zero-order chi connectivity index (χ0) is 13.9. The molecule has 1 atom stereocenters. The number of fused-ring (bicyclic) bond motifs is 1. The predicted molar refractivity (Wildman–Crippen MR) is 80.6 cm³/mol. The number of benzene rings is 1. The van der Waals surface area contributed by atoms with E-state index in [0.29, 0.717) is 6.61 Å². The summed E-state index contributed by atoms with van der Waals surface area (Å²) in [5.41, 5.74) is 5.34. The third-order valence-electron chi connectivity index (χ3n) is 4.36. The molecule has 3 nitrogen and oxygen atoms in total. The van der Waals surface area contributed by atoms with Crippen molar-refractivity contribution in [1.82, 2.24) is 4.90 Å². The average Bonchev–Trinajstić information content (AvgIpc) is 2.75. The molecule has 0 aromatic heterocycles. The Labute approximate surface area is 121 Å². The zero-order valence-electron chi connectivity index (χ0n) is 12.4. The summed E-state index contributed by atoms with van der Waals surface area (Å²) in [6, 6.07) is 6.61. The van der Waals surface area contributed by atoms with E-state index in [4.69, 9.17) is 9.47 Å². The van der Waals surface area contributed by atoms with Gasteiger partial charge in [0.25, 0.3) is 0 Å². The predicted octanol–water partition coefficient (Wildman–Crippen LogP) is 3.01. The molecule has 0 spiro atoms. The first-order chi connectivity index (χ1) is 9.81. The Morgan fingerprint density at radius 3 is 2.80 bits per heavy atom. The van der Waals surface area contributed by atoms with Crippen molar-refractivity contribution in [2.24, 2.45) is 0 Å². The van der Waals surface area contributed by atoms with E-state index in [-0.39, 0.29) is 6.10 Å². The first-order valence-corrected chi connectivity index (χ1v) is 7.38. The Balaban J connectivity index is 1.85. The molecule has 0 saturated carbocycles. The van der Waals surface area contributed by atoms with Crippen molar-refractivity contribution in [2.45, 2.75) is 25.6 Å². The van der Waals surface area contributed by atoms with Crippen molar-refractivity contribution in [3.05, 3.63) is 41.0 Å². The minimum atomic E-state index is 0.212. The lowest BCUT2D eigenvalue weighted by Gasteiger charge is -2.29. The van der Waals surface area contributed by atoms with Crippen molar-refractivity contribution < 1.29 is 9.47 Å². The van der Waals surface area contributed by atoms with Gasteiger partial charge in [-0.15, -0.1) is 0 Å². The van der Waals surface area contributed by atoms with Crippen molar-refractivity contribution in [1.29, 1.82) is 0 Å². The molecule has 0 bridgehead atoms. The highest BCUT2D eigenvalue weighted by Crippen LogP contribution is 2.41. The van der Waals surface area contributed by atoms with Crippen molar-refractivity contribution in [2.75, 3.05) is 33.9 Å². The number of ether oxygens (including phenoxy) is 2. The minimum Gasteiger partial charge on any atom is -0.380 e. The molecule has 3 rings (SSSR count). The molecule has 1 unspecified atom stereocenters. The highest BCUT2D eigenvalue weighted by Gasteiger charge is 2.26. The third kappa shape index (κ3) is 2.66.